The van der Waals surface area contributed by atoms with Crippen molar-refractivity contribution < 1.29 is 12.8 Å². The van der Waals surface area contributed by atoms with Crippen molar-refractivity contribution >= 4 is 26.0 Å². The lowest BCUT2D eigenvalue weighted by atomic mass is 9.97. The highest BCUT2D eigenvalue weighted by molar-refractivity contribution is 9.10. The van der Waals surface area contributed by atoms with Crippen LogP contribution in [0.5, 0.6) is 0 Å². The van der Waals surface area contributed by atoms with Gasteiger partial charge >= 0.3 is 0 Å². The third-order valence-electron chi connectivity index (χ3n) is 4.69. The first kappa shape index (κ1) is 15.5. The van der Waals surface area contributed by atoms with Gasteiger partial charge in [-0.05, 0) is 47.5 Å². The molecule has 5 nitrogen and oxygen atoms in total. The van der Waals surface area contributed by atoms with E-state index in [0.29, 0.717) is 18.2 Å². The first-order valence-electron chi connectivity index (χ1n) is 7.54. The second-order valence-corrected chi connectivity index (χ2v) is 8.50. The molecule has 3 rings (SSSR count). The predicted octanol–water partition coefficient (Wildman–Crippen LogP) is 2.84. The lowest BCUT2D eigenvalue weighted by Gasteiger charge is -2.28. The molecule has 1 saturated heterocycles. The summed E-state index contributed by atoms with van der Waals surface area (Å²) in [6.07, 6.45) is 6.67. The number of sulfonamides is 1. The highest BCUT2D eigenvalue weighted by Crippen LogP contribution is 2.39. The third-order valence-corrected chi connectivity index (χ3v) is 7.47. The quantitative estimate of drug-likeness (QED) is 0.876. The van der Waals surface area contributed by atoms with E-state index >= 15 is 0 Å². The molecule has 1 aromatic heterocycles. The van der Waals surface area contributed by atoms with Crippen LogP contribution in [0.2, 0.25) is 0 Å². The fourth-order valence-electron chi connectivity index (χ4n) is 3.68. The standard InChI is InChI=1S/C14H21BrN2O3S/c15-14-13(8-11(9-16)20-14)21(18,19)17-7-3-6-12(17)10-4-1-2-5-10/h8,10,12H,1-7,9,16H2. The minimum Gasteiger partial charge on any atom is -0.452 e. The largest absolute Gasteiger partial charge is 0.452 e. The van der Waals surface area contributed by atoms with Crippen molar-refractivity contribution in [3.63, 3.8) is 0 Å². The molecule has 1 atom stereocenters. The molecule has 2 fully saturated rings. The van der Waals surface area contributed by atoms with E-state index in [9.17, 15) is 8.42 Å². The average molecular weight is 377 g/mol. The summed E-state index contributed by atoms with van der Waals surface area (Å²) in [5.41, 5.74) is 5.53. The van der Waals surface area contributed by atoms with E-state index < -0.39 is 10.0 Å². The second-order valence-electron chi connectivity index (χ2n) is 5.92. The van der Waals surface area contributed by atoms with Gasteiger partial charge in [-0.3, -0.25) is 0 Å². The molecule has 0 aromatic carbocycles. The third kappa shape index (κ3) is 2.81. The summed E-state index contributed by atoms with van der Waals surface area (Å²) < 4.78 is 33.2. The highest BCUT2D eigenvalue weighted by atomic mass is 79.9. The minimum atomic E-state index is -3.51. The normalized spacial score (nSPS) is 25.0. The summed E-state index contributed by atoms with van der Waals surface area (Å²) in [5, 5.41) is 0. The van der Waals surface area contributed by atoms with E-state index in [1.54, 1.807) is 10.4 Å². The Kier molecular flexibility index (Phi) is 4.45. The van der Waals surface area contributed by atoms with E-state index in [-0.39, 0.29) is 22.2 Å². The molecule has 118 valence electrons. The number of hydrogen-bond donors (Lipinski definition) is 1. The Labute approximate surface area is 134 Å². The van der Waals surface area contributed by atoms with Crippen LogP contribution in [0.1, 0.15) is 44.3 Å². The molecule has 1 aliphatic carbocycles. The Morgan fingerprint density at radius 3 is 2.62 bits per heavy atom. The van der Waals surface area contributed by atoms with Crippen molar-refractivity contribution in [3.05, 3.63) is 16.5 Å². The molecule has 0 radical (unpaired) electrons. The molecule has 1 aliphatic heterocycles. The Morgan fingerprint density at radius 1 is 1.29 bits per heavy atom. The van der Waals surface area contributed by atoms with Gasteiger partial charge in [0.05, 0.1) is 6.54 Å². The van der Waals surface area contributed by atoms with Crippen molar-refractivity contribution in [2.75, 3.05) is 6.54 Å². The number of rotatable bonds is 4. The fourth-order valence-corrected chi connectivity index (χ4v) is 6.40. The highest BCUT2D eigenvalue weighted by Gasteiger charge is 2.41. The van der Waals surface area contributed by atoms with Crippen molar-refractivity contribution in [2.45, 2.75) is 56.0 Å². The summed E-state index contributed by atoms with van der Waals surface area (Å²) in [5.74, 6) is 0.999. The van der Waals surface area contributed by atoms with Crippen LogP contribution in [0.15, 0.2) is 20.0 Å². The predicted molar refractivity (Wildman–Crippen MR) is 83.2 cm³/mol. The van der Waals surface area contributed by atoms with Gasteiger partial charge in [0.25, 0.3) is 0 Å². The molecule has 0 spiro atoms. The number of hydrogen-bond acceptors (Lipinski definition) is 4. The molecule has 1 unspecified atom stereocenters. The van der Waals surface area contributed by atoms with Crippen LogP contribution in [0.4, 0.5) is 0 Å². The Balaban J connectivity index is 1.90. The molecule has 2 heterocycles. The Hall–Kier alpha value is -0.370. The second kappa shape index (κ2) is 6.02. The number of nitrogens with zero attached hydrogens (tertiary/aromatic N) is 1. The lowest BCUT2D eigenvalue weighted by Crippen LogP contribution is -2.39. The molecular formula is C14H21BrN2O3S. The Bertz CT molecular complexity index is 608. The molecule has 7 heteroatoms. The average Bonchev–Trinajstić information content (AvgIpc) is 3.18. The summed E-state index contributed by atoms with van der Waals surface area (Å²) >= 11 is 3.22. The summed E-state index contributed by atoms with van der Waals surface area (Å²) in [6, 6.07) is 1.70. The first-order valence-corrected chi connectivity index (χ1v) is 9.77. The fraction of sp³-hybridized carbons (Fsp3) is 0.714. The maximum atomic E-state index is 12.9. The van der Waals surface area contributed by atoms with E-state index in [1.165, 1.54) is 12.8 Å². The maximum absolute atomic E-state index is 12.9. The van der Waals surface area contributed by atoms with Crippen LogP contribution in [0.25, 0.3) is 0 Å². The number of nitrogens with two attached hydrogens (primary N) is 1. The van der Waals surface area contributed by atoms with E-state index in [2.05, 4.69) is 15.9 Å². The molecule has 21 heavy (non-hydrogen) atoms. The SMILES string of the molecule is NCc1cc(S(=O)(=O)N2CCCC2C2CCCC2)c(Br)o1. The number of furan rings is 1. The summed E-state index contributed by atoms with van der Waals surface area (Å²) in [7, 11) is -3.51. The minimum absolute atomic E-state index is 0.153. The van der Waals surface area contributed by atoms with Gasteiger partial charge in [-0.25, -0.2) is 8.42 Å². The zero-order valence-electron chi connectivity index (χ0n) is 11.9. The van der Waals surface area contributed by atoms with Crippen LogP contribution >= 0.6 is 15.9 Å². The van der Waals surface area contributed by atoms with Gasteiger partial charge < -0.3 is 10.2 Å². The molecule has 0 amide bonds. The maximum Gasteiger partial charge on any atom is 0.247 e. The molecule has 2 aliphatic rings. The van der Waals surface area contributed by atoms with Gasteiger partial charge in [-0.2, -0.15) is 4.31 Å². The molecule has 1 saturated carbocycles. The zero-order chi connectivity index (χ0) is 15.0. The van der Waals surface area contributed by atoms with Crippen molar-refractivity contribution in [1.29, 1.82) is 0 Å². The van der Waals surface area contributed by atoms with E-state index in [0.717, 1.165) is 25.7 Å². The summed E-state index contributed by atoms with van der Waals surface area (Å²) in [4.78, 5) is 0.216. The monoisotopic (exact) mass is 376 g/mol. The van der Waals surface area contributed by atoms with Crippen molar-refractivity contribution in [1.82, 2.24) is 4.31 Å². The van der Waals surface area contributed by atoms with Crippen LogP contribution in [-0.4, -0.2) is 25.3 Å². The molecular weight excluding hydrogens is 356 g/mol. The lowest BCUT2D eigenvalue weighted by molar-refractivity contribution is 0.288. The smallest absolute Gasteiger partial charge is 0.247 e. The van der Waals surface area contributed by atoms with E-state index in [4.69, 9.17) is 10.2 Å². The first-order chi connectivity index (χ1) is 10.0. The van der Waals surface area contributed by atoms with Gasteiger partial charge in [0.1, 0.15) is 10.7 Å². The molecule has 1 aromatic rings. The van der Waals surface area contributed by atoms with Crippen molar-refractivity contribution in [2.24, 2.45) is 11.7 Å². The van der Waals surface area contributed by atoms with Gasteiger partial charge in [0, 0.05) is 18.7 Å². The van der Waals surface area contributed by atoms with Gasteiger partial charge in [0.2, 0.25) is 10.0 Å². The Morgan fingerprint density at radius 2 is 2.00 bits per heavy atom. The van der Waals surface area contributed by atoms with Crippen LogP contribution in [-0.2, 0) is 16.6 Å². The summed E-state index contributed by atoms with van der Waals surface area (Å²) in [6.45, 7) is 0.805. The van der Waals surface area contributed by atoms with Crippen LogP contribution < -0.4 is 5.73 Å². The molecule has 0 bridgehead atoms. The van der Waals surface area contributed by atoms with Crippen LogP contribution in [0, 0.1) is 5.92 Å². The topological polar surface area (TPSA) is 76.5 Å². The van der Waals surface area contributed by atoms with Gasteiger partial charge in [-0.15, -0.1) is 0 Å². The van der Waals surface area contributed by atoms with Gasteiger partial charge in [0.15, 0.2) is 4.67 Å². The van der Waals surface area contributed by atoms with Gasteiger partial charge in [-0.1, -0.05) is 12.8 Å². The van der Waals surface area contributed by atoms with E-state index in [1.807, 2.05) is 0 Å². The van der Waals surface area contributed by atoms with Crippen LogP contribution in [0.3, 0.4) is 0 Å². The number of halogens is 1. The molecule has 2 N–H and O–H groups in total. The zero-order valence-corrected chi connectivity index (χ0v) is 14.3. The van der Waals surface area contributed by atoms with Crippen molar-refractivity contribution in [3.8, 4) is 0 Å².